The van der Waals surface area contributed by atoms with Crippen LogP contribution in [0.25, 0.3) is 0 Å². The highest BCUT2D eigenvalue weighted by Gasteiger charge is 2.34. The van der Waals surface area contributed by atoms with E-state index in [9.17, 15) is 4.39 Å². The van der Waals surface area contributed by atoms with Gasteiger partial charge in [-0.05, 0) is 62.6 Å². The highest BCUT2D eigenvalue weighted by molar-refractivity contribution is 5.21. The summed E-state index contributed by atoms with van der Waals surface area (Å²) in [6, 6.07) is 0. The standard InChI is InChI=1S/C23H43F2N/c1-5-9-11-13-20(12-7-3)23-21(24)16-19(17-22(23)25)18-26(14-8-4)15-10-6-2/h19-21H,5-18H2,1-4H3/t19-,20?,21+/m1/s1. The van der Waals surface area contributed by atoms with Gasteiger partial charge in [-0.3, -0.25) is 0 Å². The highest BCUT2D eigenvalue weighted by Crippen LogP contribution is 2.40. The van der Waals surface area contributed by atoms with Gasteiger partial charge in [-0.1, -0.05) is 59.8 Å². The van der Waals surface area contributed by atoms with Gasteiger partial charge in [0.2, 0.25) is 0 Å². The van der Waals surface area contributed by atoms with Crippen molar-refractivity contribution in [2.24, 2.45) is 11.8 Å². The van der Waals surface area contributed by atoms with Gasteiger partial charge in [-0.2, -0.15) is 0 Å². The number of hydrogen-bond donors (Lipinski definition) is 0. The molecule has 154 valence electrons. The van der Waals surface area contributed by atoms with Crippen LogP contribution in [0.2, 0.25) is 0 Å². The summed E-state index contributed by atoms with van der Waals surface area (Å²) >= 11 is 0. The zero-order valence-corrected chi connectivity index (χ0v) is 17.8. The molecular weight excluding hydrogens is 328 g/mol. The van der Waals surface area contributed by atoms with E-state index in [4.69, 9.17) is 0 Å². The fourth-order valence-electron chi connectivity index (χ4n) is 4.46. The third-order valence-corrected chi connectivity index (χ3v) is 5.78. The summed E-state index contributed by atoms with van der Waals surface area (Å²) in [7, 11) is 0. The Bertz CT molecular complexity index is 394. The minimum atomic E-state index is -1.07. The summed E-state index contributed by atoms with van der Waals surface area (Å²) in [4.78, 5) is 2.42. The molecule has 0 saturated carbocycles. The Morgan fingerprint density at radius 2 is 1.65 bits per heavy atom. The van der Waals surface area contributed by atoms with E-state index in [1.54, 1.807) is 0 Å². The summed E-state index contributed by atoms with van der Waals surface area (Å²) in [6.45, 7) is 11.6. The number of nitrogens with zero attached hydrogens (tertiary/aromatic N) is 1. The molecule has 3 atom stereocenters. The van der Waals surface area contributed by atoms with E-state index in [-0.39, 0.29) is 17.7 Å². The minimum Gasteiger partial charge on any atom is -0.303 e. The summed E-state index contributed by atoms with van der Waals surface area (Å²) in [5, 5.41) is 0. The van der Waals surface area contributed by atoms with Gasteiger partial charge in [-0.25, -0.2) is 8.78 Å². The molecule has 1 aliphatic rings. The average molecular weight is 372 g/mol. The van der Waals surface area contributed by atoms with Crippen LogP contribution in [0.1, 0.15) is 98.3 Å². The lowest BCUT2D eigenvalue weighted by Gasteiger charge is -2.34. The smallest absolute Gasteiger partial charge is 0.125 e. The normalized spacial score (nSPS) is 22.3. The third-order valence-electron chi connectivity index (χ3n) is 5.78. The van der Waals surface area contributed by atoms with Crippen molar-refractivity contribution in [3.8, 4) is 0 Å². The van der Waals surface area contributed by atoms with E-state index >= 15 is 4.39 Å². The predicted molar refractivity (Wildman–Crippen MR) is 110 cm³/mol. The first-order valence-corrected chi connectivity index (χ1v) is 11.3. The summed E-state index contributed by atoms with van der Waals surface area (Å²) in [5.74, 6) is 0.139. The molecule has 1 rings (SSSR count). The van der Waals surface area contributed by atoms with Crippen LogP contribution < -0.4 is 0 Å². The van der Waals surface area contributed by atoms with Crippen LogP contribution in [-0.2, 0) is 0 Å². The number of allylic oxidation sites excluding steroid dienone is 2. The Balaban J connectivity index is 2.73. The molecule has 0 aromatic heterocycles. The van der Waals surface area contributed by atoms with E-state index in [2.05, 4.69) is 32.6 Å². The maximum absolute atomic E-state index is 15.0. The minimum absolute atomic E-state index is 0.115. The summed E-state index contributed by atoms with van der Waals surface area (Å²) < 4.78 is 29.9. The van der Waals surface area contributed by atoms with E-state index in [0.29, 0.717) is 18.4 Å². The SMILES string of the molecule is CCCCCC(CCC)C1=C(F)C[C@H](CN(CCC)CCCC)C[C@@H]1F. The number of hydrogen-bond acceptors (Lipinski definition) is 1. The summed E-state index contributed by atoms with van der Waals surface area (Å²) in [5.41, 5.74) is 0.537. The molecule has 1 unspecified atom stereocenters. The van der Waals surface area contributed by atoms with E-state index < -0.39 is 6.17 Å². The predicted octanol–water partition coefficient (Wildman–Crippen LogP) is 7.47. The second-order valence-corrected chi connectivity index (χ2v) is 8.27. The molecule has 0 spiro atoms. The highest BCUT2D eigenvalue weighted by atomic mass is 19.1. The van der Waals surface area contributed by atoms with Gasteiger partial charge in [0.25, 0.3) is 0 Å². The van der Waals surface area contributed by atoms with Crippen molar-refractivity contribution in [3.63, 3.8) is 0 Å². The van der Waals surface area contributed by atoms with Gasteiger partial charge in [0.05, 0.1) is 0 Å². The molecule has 0 N–H and O–H groups in total. The van der Waals surface area contributed by atoms with E-state index in [1.165, 1.54) is 12.8 Å². The molecule has 0 saturated heterocycles. The lowest BCUT2D eigenvalue weighted by atomic mass is 9.78. The van der Waals surface area contributed by atoms with Crippen LogP contribution in [0.5, 0.6) is 0 Å². The van der Waals surface area contributed by atoms with Crippen molar-refractivity contribution < 1.29 is 8.78 Å². The van der Waals surface area contributed by atoms with Crippen LogP contribution >= 0.6 is 0 Å². The zero-order valence-electron chi connectivity index (χ0n) is 17.8. The van der Waals surface area contributed by atoms with Crippen LogP contribution in [0.4, 0.5) is 8.78 Å². The average Bonchev–Trinajstić information content (AvgIpc) is 2.59. The maximum Gasteiger partial charge on any atom is 0.125 e. The van der Waals surface area contributed by atoms with Gasteiger partial charge in [0, 0.05) is 13.0 Å². The number of unbranched alkanes of at least 4 members (excludes halogenated alkanes) is 3. The first-order valence-electron chi connectivity index (χ1n) is 11.3. The Morgan fingerprint density at radius 1 is 0.923 bits per heavy atom. The Kier molecular flexibility index (Phi) is 12.4. The second kappa shape index (κ2) is 13.7. The molecule has 0 aromatic rings. The molecule has 26 heavy (non-hydrogen) atoms. The molecule has 0 amide bonds. The maximum atomic E-state index is 15.0. The van der Waals surface area contributed by atoms with Crippen LogP contribution in [0, 0.1) is 11.8 Å². The molecule has 0 fully saturated rings. The number of alkyl halides is 1. The van der Waals surface area contributed by atoms with E-state index in [0.717, 1.165) is 64.6 Å². The van der Waals surface area contributed by atoms with Crippen LogP contribution in [0.3, 0.4) is 0 Å². The zero-order chi connectivity index (χ0) is 19.4. The van der Waals surface area contributed by atoms with Crippen molar-refractivity contribution in [2.45, 2.75) is 104 Å². The first kappa shape index (κ1) is 23.6. The topological polar surface area (TPSA) is 3.24 Å². The lowest BCUT2D eigenvalue weighted by Crippen LogP contribution is -2.35. The van der Waals surface area contributed by atoms with Gasteiger partial charge < -0.3 is 4.90 Å². The van der Waals surface area contributed by atoms with Gasteiger partial charge in [-0.15, -0.1) is 0 Å². The monoisotopic (exact) mass is 371 g/mol. The molecule has 3 heteroatoms. The van der Waals surface area contributed by atoms with Crippen molar-refractivity contribution in [2.75, 3.05) is 19.6 Å². The quantitative estimate of drug-likeness (QED) is 0.286. The second-order valence-electron chi connectivity index (χ2n) is 8.27. The fourth-order valence-corrected chi connectivity index (χ4v) is 4.46. The molecular formula is C23H43F2N. The van der Waals surface area contributed by atoms with Gasteiger partial charge >= 0.3 is 0 Å². The number of halogens is 2. The van der Waals surface area contributed by atoms with Crippen LogP contribution in [0.15, 0.2) is 11.4 Å². The molecule has 0 heterocycles. The Labute approximate surface area is 161 Å². The molecule has 0 aliphatic heterocycles. The Morgan fingerprint density at radius 3 is 2.23 bits per heavy atom. The van der Waals surface area contributed by atoms with Crippen molar-refractivity contribution in [1.82, 2.24) is 4.90 Å². The largest absolute Gasteiger partial charge is 0.303 e. The molecule has 1 aliphatic carbocycles. The Hall–Kier alpha value is -0.440. The molecule has 0 aromatic carbocycles. The molecule has 0 radical (unpaired) electrons. The van der Waals surface area contributed by atoms with Crippen molar-refractivity contribution in [1.29, 1.82) is 0 Å². The van der Waals surface area contributed by atoms with E-state index in [1.807, 2.05) is 0 Å². The van der Waals surface area contributed by atoms with Gasteiger partial charge in [0.15, 0.2) is 0 Å². The molecule has 0 bridgehead atoms. The lowest BCUT2D eigenvalue weighted by molar-refractivity contribution is 0.171. The summed E-state index contributed by atoms with van der Waals surface area (Å²) in [6.07, 6.45) is 9.65. The fraction of sp³-hybridized carbons (Fsp3) is 0.913. The third kappa shape index (κ3) is 8.06. The van der Waals surface area contributed by atoms with Crippen molar-refractivity contribution in [3.05, 3.63) is 11.4 Å². The van der Waals surface area contributed by atoms with Gasteiger partial charge in [0.1, 0.15) is 12.0 Å². The van der Waals surface area contributed by atoms with Crippen molar-refractivity contribution >= 4 is 0 Å². The molecule has 1 nitrogen and oxygen atoms in total. The first-order chi connectivity index (χ1) is 12.6. The van der Waals surface area contributed by atoms with Crippen LogP contribution in [-0.4, -0.2) is 30.7 Å². The number of rotatable bonds is 14.